The van der Waals surface area contributed by atoms with Crippen molar-refractivity contribution in [2.24, 2.45) is 0 Å². The lowest BCUT2D eigenvalue weighted by atomic mass is 10.2. The predicted molar refractivity (Wildman–Crippen MR) is 65.3 cm³/mol. The summed E-state index contributed by atoms with van der Waals surface area (Å²) in [5, 5.41) is 16.1. The molecule has 0 spiro atoms. The van der Waals surface area contributed by atoms with Crippen LogP contribution >= 0.6 is 22.9 Å². The molecule has 2 rings (SSSR count). The number of carbonyl (C=O) groups excluding carboxylic acids is 1. The molecule has 0 saturated carbocycles. The Labute approximate surface area is 107 Å². The summed E-state index contributed by atoms with van der Waals surface area (Å²) in [7, 11) is 0. The molecule has 1 atom stereocenters. The third-order valence-corrected chi connectivity index (χ3v) is 3.24. The van der Waals surface area contributed by atoms with Crippen molar-refractivity contribution < 1.29 is 14.3 Å². The van der Waals surface area contributed by atoms with Crippen LogP contribution in [0, 0.1) is 0 Å². The molecule has 0 bridgehead atoms. The summed E-state index contributed by atoms with van der Waals surface area (Å²) in [6, 6.07) is 3.29. The molecular weight excluding hydrogens is 262 g/mol. The molecule has 6 heteroatoms. The number of furan rings is 1. The van der Waals surface area contributed by atoms with Gasteiger partial charge in [0.1, 0.15) is 0 Å². The molecule has 0 aliphatic rings. The monoisotopic (exact) mass is 271 g/mol. The van der Waals surface area contributed by atoms with Gasteiger partial charge in [0.2, 0.25) is 5.22 Å². The van der Waals surface area contributed by atoms with E-state index in [1.807, 2.05) is 16.8 Å². The first kappa shape index (κ1) is 12.2. The van der Waals surface area contributed by atoms with E-state index in [1.54, 1.807) is 0 Å². The first-order chi connectivity index (χ1) is 8.18. The lowest BCUT2D eigenvalue weighted by Gasteiger charge is -2.09. The average Bonchev–Trinajstić information content (AvgIpc) is 2.95. The number of rotatable bonds is 4. The van der Waals surface area contributed by atoms with Crippen LogP contribution in [0.2, 0.25) is 5.22 Å². The van der Waals surface area contributed by atoms with Gasteiger partial charge in [0.05, 0.1) is 17.9 Å². The number of carbonyl (C=O) groups is 1. The number of aliphatic hydroxyl groups is 1. The molecule has 90 valence electrons. The van der Waals surface area contributed by atoms with Gasteiger partial charge in [-0.25, -0.2) is 0 Å². The number of hydrogen-bond acceptors (Lipinski definition) is 4. The minimum absolute atomic E-state index is 0.0486. The Morgan fingerprint density at radius 1 is 1.59 bits per heavy atom. The maximum absolute atomic E-state index is 11.6. The summed E-state index contributed by atoms with van der Waals surface area (Å²) in [6.07, 6.45) is 0.628. The molecule has 1 amide bonds. The highest BCUT2D eigenvalue weighted by Crippen LogP contribution is 2.18. The first-order valence-electron chi connectivity index (χ1n) is 4.90. The van der Waals surface area contributed by atoms with Crippen LogP contribution in [-0.2, 0) is 0 Å². The van der Waals surface area contributed by atoms with Crippen molar-refractivity contribution in [2.75, 3.05) is 6.54 Å². The second kappa shape index (κ2) is 5.35. The largest absolute Gasteiger partial charge is 0.452 e. The summed E-state index contributed by atoms with van der Waals surface area (Å²) in [6.45, 7) is 0.136. The third-order valence-electron chi connectivity index (χ3n) is 2.25. The molecule has 2 aromatic rings. The summed E-state index contributed by atoms with van der Waals surface area (Å²) >= 11 is 7.15. The van der Waals surface area contributed by atoms with Crippen LogP contribution in [0.25, 0.3) is 0 Å². The van der Waals surface area contributed by atoms with E-state index in [2.05, 4.69) is 5.32 Å². The molecule has 0 aromatic carbocycles. The van der Waals surface area contributed by atoms with Crippen LogP contribution in [-0.4, -0.2) is 17.6 Å². The van der Waals surface area contributed by atoms with Crippen molar-refractivity contribution in [1.82, 2.24) is 5.32 Å². The van der Waals surface area contributed by atoms with E-state index in [0.717, 1.165) is 5.56 Å². The molecule has 0 aliphatic heterocycles. The van der Waals surface area contributed by atoms with Crippen molar-refractivity contribution in [3.05, 3.63) is 45.5 Å². The molecule has 17 heavy (non-hydrogen) atoms. The van der Waals surface area contributed by atoms with Crippen LogP contribution in [0.3, 0.4) is 0 Å². The number of amides is 1. The highest BCUT2D eigenvalue weighted by molar-refractivity contribution is 7.07. The Balaban J connectivity index is 1.91. The fourth-order valence-corrected chi connectivity index (χ4v) is 2.23. The van der Waals surface area contributed by atoms with Gasteiger partial charge in [0.15, 0.2) is 0 Å². The molecule has 0 saturated heterocycles. The maximum Gasteiger partial charge on any atom is 0.256 e. The average molecular weight is 272 g/mol. The van der Waals surface area contributed by atoms with E-state index in [4.69, 9.17) is 16.0 Å². The zero-order valence-electron chi connectivity index (χ0n) is 8.72. The van der Waals surface area contributed by atoms with Crippen LogP contribution in [0.1, 0.15) is 22.0 Å². The SMILES string of the molecule is O=C(NCC(O)c1ccsc1)c1ccoc1Cl. The zero-order chi connectivity index (χ0) is 12.3. The van der Waals surface area contributed by atoms with Gasteiger partial charge in [-0.05, 0) is 40.1 Å². The first-order valence-corrected chi connectivity index (χ1v) is 6.22. The van der Waals surface area contributed by atoms with E-state index in [1.165, 1.54) is 23.7 Å². The standard InChI is InChI=1S/C11H10ClNO3S/c12-10-8(1-3-16-10)11(15)13-5-9(14)7-2-4-17-6-7/h1-4,6,9,14H,5H2,(H,13,15). The Morgan fingerprint density at radius 3 is 3.00 bits per heavy atom. The molecule has 4 nitrogen and oxygen atoms in total. The van der Waals surface area contributed by atoms with Gasteiger partial charge in [-0.15, -0.1) is 0 Å². The van der Waals surface area contributed by atoms with Gasteiger partial charge in [0.25, 0.3) is 5.91 Å². The Kier molecular flexibility index (Phi) is 3.83. The Morgan fingerprint density at radius 2 is 2.41 bits per heavy atom. The second-order valence-corrected chi connectivity index (χ2v) is 4.51. The molecular formula is C11H10ClNO3S. The molecule has 0 fully saturated rings. The van der Waals surface area contributed by atoms with Gasteiger partial charge in [-0.2, -0.15) is 11.3 Å². The summed E-state index contributed by atoms with van der Waals surface area (Å²) < 4.78 is 4.81. The highest BCUT2D eigenvalue weighted by Gasteiger charge is 2.15. The van der Waals surface area contributed by atoms with Crippen molar-refractivity contribution in [3.63, 3.8) is 0 Å². The Bertz CT molecular complexity index is 495. The van der Waals surface area contributed by atoms with E-state index < -0.39 is 6.10 Å². The summed E-state index contributed by atoms with van der Waals surface area (Å²) in [5.41, 5.74) is 1.05. The summed E-state index contributed by atoms with van der Waals surface area (Å²) in [4.78, 5) is 11.6. The molecule has 2 N–H and O–H groups in total. The van der Waals surface area contributed by atoms with Gasteiger partial charge < -0.3 is 14.8 Å². The van der Waals surface area contributed by atoms with Crippen LogP contribution in [0.4, 0.5) is 0 Å². The van der Waals surface area contributed by atoms with Crippen molar-refractivity contribution >= 4 is 28.8 Å². The van der Waals surface area contributed by atoms with Crippen molar-refractivity contribution in [3.8, 4) is 0 Å². The fraction of sp³-hybridized carbons (Fsp3) is 0.182. The lowest BCUT2D eigenvalue weighted by Crippen LogP contribution is -2.28. The Hall–Kier alpha value is -1.30. The number of aliphatic hydroxyl groups excluding tert-OH is 1. The lowest BCUT2D eigenvalue weighted by molar-refractivity contribution is 0.0916. The quantitative estimate of drug-likeness (QED) is 0.898. The molecule has 1 unspecified atom stereocenters. The normalized spacial score (nSPS) is 12.4. The van der Waals surface area contributed by atoms with E-state index in [9.17, 15) is 9.90 Å². The van der Waals surface area contributed by atoms with Gasteiger partial charge >= 0.3 is 0 Å². The van der Waals surface area contributed by atoms with Crippen molar-refractivity contribution in [1.29, 1.82) is 0 Å². The summed E-state index contributed by atoms with van der Waals surface area (Å²) in [5.74, 6) is -0.363. The van der Waals surface area contributed by atoms with Gasteiger partial charge in [-0.3, -0.25) is 4.79 Å². The molecule has 2 heterocycles. The zero-order valence-corrected chi connectivity index (χ0v) is 10.3. The molecule has 0 radical (unpaired) electrons. The maximum atomic E-state index is 11.6. The van der Waals surface area contributed by atoms with Crippen LogP contribution < -0.4 is 5.32 Å². The minimum Gasteiger partial charge on any atom is -0.452 e. The number of hydrogen-bond donors (Lipinski definition) is 2. The molecule has 2 aromatic heterocycles. The van der Waals surface area contributed by atoms with E-state index in [-0.39, 0.29) is 23.2 Å². The predicted octanol–water partition coefficient (Wildman–Crippen LogP) is 2.46. The van der Waals surface area contributed by atoms with Gasteiger partial charge in [-0.1, -0.05) is 0 Å². The number of thiophene rings is 1. The van der Waals surface area contributed by atoms with E-state index in [0.29, 0.717) is 0 Å². The molecule has 0 aliphatic carbocycles. The van der Waals surface area contributed by atoms with Crippen molar-refractivity contribution in [2.45, 2.75) is 6.10 Å². The van der Waals surface area contributed by atoms with Crippen LogP contribution in [0.15, 0.2) is 33.6 Å². The van der Waals surface area contributed by atoms with Gasteiger partial charge in [0, 0.05) is 6.54 Å². The smallest absolute Gasteiger partial charge is 0.256 e. The van der Waals surface area contributed by atoms with Crippen LogP contribution in [0.5, 0.6) is 0 Å². The third kappa shape index (κ3) is 2.88. The number of nitrogens with one attached hydrogen (secondary N) is 1. The topological polar surface area (TPSA) is 62.5 Å². The second-order valence-electron chi connectivity index (χ2n) is 3.39. The highest BCUT2D eigenvalue weighted by atomic mass is 35.5. The number of halogens is 1. The minimum atomic E-state index is -0.712. The fourth-order valence-electron chi connectivity index (χ4n) is 1.32. The van der Waals surface area contributed by atoms with E-state index >= 15 is 0 Å².